The van der Waals surface area contributed by atoms with Crippen molar-refractivity contribution in [2.45, 2.75) is 13.0 Å². The molecule has 0 spiro atoms. The standard InChI is InChI=1S/C18H22N4O3/c1-20-16(7-8-19-20)17(23)22-10-4-9-21(11-12-22)13-14-5-2-3-6-15(14)18(24)25/h2-3,5-8H,4,9-13H2,1H3,(H,24,25). The molecule has 1 amide bonds. The average molecular weight is 342 g/mol. The highest BCUT2D eigenvalue weighted by atomic mass is 16.4. The molecule has 1 N–H and O–H groups in total. The molecule has 1 saturated heterocycles. The zero-order valence-corrected chi connectivity index (χ0v) is 14.3. The lowest BCUT2D eigenvalue weighted by Crippen LogP contribution is -2.36. The Morgan fingerprint density at radius 2 is 1.92 bits per heavy atom. The third kappa shape index (κ3) is 3.88. The van der Waals surface area contributed by atoms with Crippen molar-refractivity contribution in [2.24, 2.45) is 7.05 Å². The predicted octanol–water partition coefficient (Wildman–Crippen LogP) is 1.47. The molecule has 132 valence electrons. The molecule has 1 aromatic heterocycles. The van der Waals surface area contributed by atoms with Gasteiger partial charge < -0.3 is 10.0 Å². The second kappa shape index (κ2) is 7.48. The third-order valence-corrected chi connectivity index (χ3v) is 4.56. The maximum absolute atomic E-state index is 12.6. The summed E-state index contributed by atoms with van der Waals surface area (Å²) in [6.07, 6.45) is 2.49. The monoisotopic (exact) mass is 342 g/mol. The van der Waals surface area contributed by atoms with E-state index in [1.54, 1.807) is 36.1 Å². The van der Waals surface area contributed by atoms with Gasteiger partial charge in [0.05, 0.1) is 5.56 Å². The maximum Gasteiger partial charge on any atom is 0.336 e. The highest BCUT2D eigenvalue weighted by Crippen LogP contribution is 2.15. The van der Waals surface area contributed by atoms with Crippen molar-refractivity contribution in [3.05, 3.63) is 53.3 Å². The number of nitrogens with zero attached hydrogens (tertiary/aromatic N) is 4. The molecule has 1 aliphatic heterocycles. The Bertz CT molecular complexity index is 771. The number of carboxylic acid groups (broad SMARTS) is 1. The SMILES string of the molecule is Cn1nccc1C(=O)N1CCCN(Cc2ccccc2C(=O)O)CC1. The molecule has 1 aliphatic rings. The van der Waals surface area contributed by atoms with E-state index in [-0.39, 0.29) is 5.91 Å². The maximum atomic E-state index is 12.6. The molecule has 0 saturated carbocycles. The van der Waals surface area contributed by atoms with Crippen molar-refractivity contribution in [3.8, 4) is 0 Å². The summed E-state index contributed by atoms with van der Waals surface area (Å²) >= 11 is 0. The van der Waals surface area contributed by atoms with Crippen LogP contribution in [0.15, 0.2) is 36.5 Å². The first-order chi connectivity index (χ1) is 12.1. The van der Waals surface area contributed by atoms with Crippen LogP contribution in [-0.4, -0.2) is 62.7 Å². The Balaban J connectivity index is 1.65. The molecule has 25 heavy (non-hydrogen) atoms. The van der Waals surface area contributed by atoms with E-state index in [0.717, 1.165) is 25.1 Å². The van der Waals surface area contributed by atoms with Crippen LogP contribution in [0.25, 0.3) is 0 Å². The van der Waals surface area contributed by atoms with Gasteiger partial charge in [0.2, 0.25) is 0 Å². The van der Waals surface area contributed by atoms with Gasteiger partial charge in [-0.3, -0.25) is 14.4 Å². The van der Waals surface area contributed by atoms with Crippen molar-refractivity contribution in [1.82, 2.24) is 19.6 Å². The van der Waals surface area contributed by atoms with Gasteiger partial charge in [-0.1, -0.05) is 18.2 Å². The predicted molar refractivity (Wildman–Crippen MR) is 92.4 cm³/mol. The number of aromatic nitrogens is 2. The molecule has 2 heterocycles. The fourth-order valence-electron chi connectivity index (χ4n) is 3.19. The quantitative estimate of drug-likeness (QED) is 0.910. The van der Waals surface area contributed by atoms with E-state index in [1.807, 2.05) is 17.0 Å². The van der Waals surface area contributed by atoms with Gasteiger partial charge in [0.25, 0.3) is 5.91 Å². The molecule has 0 atom stereocenters. The second-order valence-corrected chi connectivity index (χ2v) is 6.22. The van der Waals surface area contributed by atoms with E-state index in [4.69, 9.17) is 0 Å². The molecule has 0 bridgehead atoms. The topological polar surface area (TPSA) is 78.7 Å². The lowest BCUT2D eigenvalue weighted by molar-refractivity contribution is 0.0694. The summed E-state index contributed by atoms with van der Waals surface area (Å²) in [6, 6.07) is 8.82. The average Bonchev–Trinajstić information content (AvgIpc) is 2.89. The third-order valence-electron chi connectivity index (χ3n) is 4.56. The number of hydrogen-bond acceptors (Lipinski definition) is 4. The van der Waals surface area contributed by atoms with Gasteiger partial charge in [0.15, 0.2) is 0 Å². The largest absolute Gasteiger partial charge is 0.478 e. The summed E-state index contributed by atoms with van der Waals surface area (Å²) in [5, 5.41) is 13.4. The van der Waals surface area contributed by atoms with E-state index in [0.29, 0.717) is 30.9 Å². The first-order valence-electron chi connectivity index (χ1n) is 8.37. The number of aromatic carboxylic acids is 1. The lowest BCUT2D eigenvalue weighted by atomic mass is 10.1. The summed E-state index contributed by atoms with van der Waals surface area (Å²) in [5.41, 5.74) is 1.74. The Hall–Kier alpha value is -2.67. The van der Waals surface area contributed by atoms with E-state index >= 15 is 0 Å². The van der Waals surface area contributed by atoms with Gasteiger partial charge in [0, 0.05) is 46.0 Å². The molecule has 1 fully saturated rings. The van der Waals surface area contributed by atoms with Gasteiger partial charge in [-0.25, -0.2) is 4.79 Å². The van der Waals surface area contributed by atoms with E-state index in [9.17, 15) is 14.7 Å². The number of carboxylic acids is 1. The molecule has 3 rings (SSSR count). The zero-order chi connectivity index (χ0) is 17.8. The molecular formula is C18H22N4O3. The van der Waals surface area contributed by atoms with Crippen LogP contribution in [0, 0.1) is 0 Å². The van der Waals surface area contributed by atoms with Crippen molar-refractivity contribution in [2.75, 3.05) is 26.2 Å². The van der Waals surface area contributed by atoms with Crippen LogP contribution in [0.5, 0.6) is 0 Å². The summed E-state index contributed by atoms with van der Waals surface area (Å²) in [4.78, 5) is 28.0. The molecule has 0 aliphatic carbocycles. The first kappa shape index (κ1) is 17.2. The van der Waals surface area contributed by atoms with Gasteiger partial charge >= 0.3 is 5.97 Å². The summed E-state index contributed by atoms with van der Waals surface area (Å²) in [5.74, 6) is -0.911. The number of benzene rings is 1. The summed E-state index contributed by atoms with van der Waals surface area (Å²) < 4.78 is 1.59. The highest BCUT2D eigenvalue weighted by molar-refractivity contribution is 5.92. The van der Waals surface area contributed by atoms with E-state index < -0.39 is 5.97 Å². The van der Waals surface area contributed by atoms with Gasteiger partial charge in [-0.15, -0.1) is 0 Å². The molecule has 7 heteroatoms. The molecule has 0 unspecified atom stereocenters. The van der Waals surface area contributed by atoms with Crippen LogP contribution < -0.4 is 0 Å². The smallest absolute Gasteiger partial charge is 0.336 e. The van der Waals surface area contributed by atoms with Crippen LogP contribution in [0.3, 0.4) is 0 Å². The minimum Gasteiger partial charge on any atom is -0.478 e. The molecule has 7 nitrogen and oxygen atoms in total. The summed E-state index contributed by atoms with van der Waals surface area (Å²) in [7, 11) is 1.76. The number of hydrogen-bond donors (Lipinski definition) is 1. The van der Waals surface area contributed by atoms with Crippen molar-refractivity contribution < 1.29 is 14.7 Å². The number of carbonyl (C=O) groups is 2. The van der Waals surface area contributed by atoms with Crippen LogP contribution in [0.1, 0.15) is 32.8 Å². The lowest BCUT2D eigenvalue weighted by Gasteiger charge is -2.22. The van der Waals surface area contributed by atoms with Crippen molar-refractivity contribution >= 4 is 11.9 Å². The van der Waals surface area contributed by atoms with Gasteiger partial charge in [0.1, 0.15) is 5.69 Å². The molecule has 2 aromatic rings. The van der Waals surface area contributed by atoms with Gasteiger partial charge in [-0.05, 0) is 24.1 Å². The summed E-state index contributed by atoms with van der Waals surface area (Å²) in [6.45, 7) is 3.46. The van der Waals surface area contributed by atoms with E-state index in [1.165, 1.54) is 0 Å². The highest BCUT2D eigenvalue weighted by Gasteiger charge is 2.22. The fraction of sp³-hybridized carbons (Fsp3) is 0.389. The minimum absolute atomic E-state index is 0.00668. The van der Waals surface area contributed by atoms with Crippen LogP contribution in [-0.2, 0) is 13.6 Å². The zero-order valence-electron chi connectivity index (χ0n) is 14.3. The van der Waals surface area contributed by atoms with Crippen molar-refractivity contribution in [1.29, 1.82) is 0 Å². The van der Waals surface area contributed by atoms with Gasteiger partial charge in [-0.2, -0.15) is 5.10 Å². The van der Waals surface area contributed by atoms with Crippen LogP contribution in [0.4, 0.5) is 0 Å². The number of aryl methyl sites for hydroxylation is 1. The Kier molecular flexibility index (Phi) is 5.14. The number of amides is 1. The minimum atomic E-state index is -0.904. The Labute approximate surface area is 146 Å². The van der Waals surface area contributed by atoms with E-state index in [2.05, 4.69) is 10.00 Å². The Morgan fingerprint density at radius 3 is 2.64 bits per heavy atom. The first-order valence-corrected chi connectivity index (χ1v) is 8.37. The van der Waals surface area contributed by atoms with Crippen LogP contribution >= 0.6 is 0 Å². The molecule has 0 radical (unpaired) electrons. The fourth-order valence-corrected chi connectivity index (χ4v) is 3.19. The second-order valence-electron chi connectivity index (χ2n) is 6.22. The molecular weight excluding hydrogens is 320 g/mol. The Morgan fingerprint density at radius 1 is 1.12 bits per heavy atom. The number of carbonyl (C=O) groups excluding carboxylic acids is 1. The normalized spacial score (nSPS) is 15.8. The molecule has 1 aromatic carbocycles. The van der Waals surface area contributed by atoms with Crippen molar-refractivity contribution in [3.63, 3.8) is 0 Å². The number of rotatable bonds is 4. The van der Waals surface area contributed by atoms with Crippen LogP contribution in [0.2, 0.25) is 0 Å².